The van der Waals surface area contributed by atoms with Gasteiger partial charge in [0.25, 0.3) is 0 Å². The van der Waals surface area contributed by atoms with Crippen molar-refractivity contribution in [3.8, 4) is 5.88 Å². The zero-order valence-corrected chi connectivity index (χ0v) is 14.1. The summed E-state index contributed by atoms with van der Waals surface area (Å²) in [4.78, 5) is 16.4. The maximum Gasteiger partial charge on any atom is 0.248 e. The largest absolute Gasteiger partial charge is 0.481 e. The topological polar surface area (TPSA) is 79.9 Å². The van der Waals surface area contributed by atoms with Gasteiger partial charge in [0.15, 0.2) is 0 Å². The Morgan fingerprint density at radius 2 is 2.12 bits per heavy atom. The lowest BCUT2D eigenvalue weighted by atomic mass is 10.1. The SMILES string of the molecule is COc1cc(C)c(NC(=O)/C=C/c2ccc3c(F)n[nH]c3c2)c(C)n1. The molecule has 2 heterocycles. The van der Waals surface area contributed by atoms with Crippen molar-refractivity contribution in [1.29, 1.82) is 0 Å². The number of aromatic amines is 1. The van der Waals surface area contributed by atoms with Gasteiger partial charge in [-0.25, -0.2) is 4.98 Å². The number of H-pyrrole nitrogens is 1. The van der Waals surface area contributed by atoms with Crippen LogP contribution in [0.3, 0.4) is 0 Å². The van der Waals surface area contributed by atoms with Crippen LogP contribution in [0, 0.1) is 19.8 Å². The Morgan fingerprint density at radius 3 is 2.84 bits per heavy atom. The van der Waals surface area contributed by atoms with Gasteiger partial charge >= 0.3 is 0 Å². The molecule has 6 nitrogen and oxygen atoms in total. The number of aryl methyl sites for hydroxylation is 2. The number of halogens is 1. The highest BCUT2D eigenvalue weighted by Gasteiger charge is 2.09. The molecule has 0 bridgehead atoms. The number of carbonyl (C=O) groups is 1. The Morgan fingerprint density at radius 1 is 1.32 bits per heavy atom. The molecule has 2 aromatic heterocycles. The molecule has 0 unspecified atom stereocenters. The smallest absolute Gasteiger partial charge is 0.248 e. The van der Waals surface area contributed by atoms with E-state index in [-0.39, 0.29) is 5.91 Å². The molecule has 0 aliphatic carbocycles. The molecule has 0 saturated carbocycles. The number of methoxy groups -OCH3 is 1. The number of hydrogen-bond acceptors (Lipinski definition) is 4. The van der Waals surface area contributed by atoms with Crippen molar-refractivity contribution in [3.63, 3.8) is 0 Å². The number of amides is 1. The summed E-state index contributed by atoms with van der Waals surface area (Å²) in [5.41, 5.74) is 3.52. The summed E-state index contributed by atoms with van der Waals surface area (Å²) < 4.78 is 18.4. The van der Waals surface area contributed by atoms with Crippen LogP contribution in [-0.4, -0.2) is 28.2 Å². The van der Waals surface area contributed by atoms with Crippen LogP contribution in [0.1, 0.15) is 16.8 Å². The Labute approximate surface area is 143 Å². The fourth-order valence-corrected chi connectivity index (χ4v) is 2.53. The molecule has 0 aliphatic heterocycles. The van der Waals surface area contributed by atoms with Crippen LogP contribution in [0.2, 0.25) is 0 Å². The molecule has 0 atom stereocenters. The average molecular weight is 340 g/mol. The summed E-state index contributed by atoms with van der Waals surface area (Å²) in [6.45, 7) is 3.67. The number of benzene rings is 1. The average Bonchev–Trinajstić information content (AvgIpc) is 2.96. The molecular weight excluding hydrogens is 323 g/mol. The molecular formula is C18H17FN4O2. The number of nitrogens with one attached hydrogen (secondary N) is 2. The fourth-order valence-electron chi connectivity index (χ4n) is 2.53. The van der Waals surface area contributed by atoms with E-state index in [0.717, 1.165) is 11.1 Å². The maximum atomic E-state index is 13.3. The van der Waals surface area contributed by atoms with E-state index in [0.29, 0.717) is 28.2 Å². The van der Waals surface area contributed by atoms with Crippen LogP contribution in [0.4, 0.5) is 10.1 Å². The van der Waals surface area contributed by atoms with E-state index in [2.05, 4.69) is 20.5 Å². The lowest BCUT2D eigenvalue weighted by molar-refractivity contribution is -0.111. The highest BCUT2D eigenvalue weighted by Crippen LogP contribution is 2.23. The van der Waals surface area contributed by atoms with Crippen molar-refractivity contribution in [2.45, 2.75) is 13.8 Å². The van der Waals surface area contributed by atoms with Gasteiger partial charge in [0, 0.05) is 12.1 Å². The molecule has 128 valence electrons. The zero-order valence-electron chi connectivity index (χ0n) is 14.1. The minimum Gasteiger partial charge on any atom is -0.481 e. The maximum absolute atomic E-state index is 13.3. The van der Waals surface area contributed by atoms with Gasteiger partial charge in [-0.1, -0.05) is 6.07 Å². The molecule has 0 saturated heterocycles. The summed E-state index contributed by atoms with van der Waals surface area (Å²) >= 11 is 0. The van der Waals surface area contributed by atoms with Gasteiger partial charge in [0.05, 0.1) is 29.4 Å². The molecule has 0 aliphatic rings. The number of hydrogen-bond donors (Lipinski definition) is 2. The fraction of sp³-hybridized carbons (Fsp3) is 0.167. The Kier molecular flexibility index (Phi) is 4.47. The zero-order chi connectivity index (χ0) is 18.0. The summed E-state index contributed by atoms with van der Waals surface area (Å²) in [5.74, 6) is -0.320. The van der Waals surface area contributed by atoms with Crippen LogP contribution in [0.25, 0.3) is 17.0 Å². The third-order valence-electron chi connectivity index (χ3n) is 3.80. The molecule has 1 amide bonds. The quantitative estimate of drug-likeness (QED) is 0.714. The van der Waals surface area contributed by atoms with Gasteiger partial charge in [-0.05, 0) is 43.2 Å². The third kappa shape index (κ3) is 3.50. The van der Waals surface area contributed by atoms with Crippen molar-refractivity contribution in [2.75, 3.05) is 12.4 Å². The van der Waals surface area contributed by atoms with E-state index in [1.807, 2.05) is 6.92 Å². The van der Waals surface area contributed by atoms with Gasteiger partial charge in [-0.3, -0.25) is 9.89 Å². The number of carbonyl (C=O) groups excluding carboxylic acids is 1. The number of nitrogens with zero attached hydrogens (tertiary/aromatic N) is 2. The summed E-state index contributed by atoms with van der Waals surface area (Å²) in [5, 5.41) is 9.34. The highest BCUT2D eigenvalue weighted by molar-refractivity contribution is 6.02. The number of pyridine rings is 1. The van der Waals surface area contributed by atoms with E-state index >= 15 is 0 Å². The van der Waals surface area contributed by atoms with E-state index in [4.69, 9.17) is 4.74 Å². The Hall–Kier alpha value is -3.22. The standard InChI is InChI=1S/C18H17FN4O2/c1-10-8-16(25-3)20-11(2)17(10)21-15(24)7-5-12-4-6-13-14(9-12)22-23-18(13)19/h4-9H,1-3H3,(H,21,24)(H,22,23)/b7-5+. The van der Waals surface area contributed by atoms with Gasteiger partial charge in [0.2, 0.25) is 17.7 Å². The first kappa shape index (κ1) is 16.6. The van der Waals surface area contributed by atoms with Crippen molar-refractivity contribution in [3.05, 3.63) is 53.1 Å². The van der Waals surface area contributed by atoms with Crippen LogP contribution in [0.15, 0.2) is 30.3 Å². The van der Waals surface area contributed by atoms with Gasteiger partial charge in [0.1, 0.15) is 0 Å². The third-order valence-corrected chi connectivity index (χ3v) is 3.80. The number of rotatable bonds is 4. The van der Waals surface area contributed by atoms with Gasteiger partial charge in [-0.15, -0.1) is 5.10 Å². The Bertz CT molecular complexity index is 955. The minimum atomic E-state index is -0.541. The van der Waals surface area contributed by atoms with E-state index < -0.39 is 5.95 Å². The van der Waals surface area contributed by atoms with Crippen molar-refractivity contribution in [1.82, 2.24) is 15.2 Å². The highest BCUT2D eigenvalue weighted by atomic mass is 19.1. The Balaban J connectivity index is 1.76. The molecule has 25 heavy (non-hydrogen) atoms. The van der Waals surface area contributed by atoms with E-state index in [1.54, 1.807) is 44.4 Å². The summed E-state index contributed by atoms with van der Waals surface area (Å²) in [6.07, 6.45) is 3.06. The first-order valence-corrected chi connectivity index (χ1v) is 7.63. The molecule has 0 fully saturated rings. The molecule has 1 aromatic carbocycles. The van der Waals surface area contributed by atoms with Gasteiger partial charge < -0.3 is 10.1 Å². The monoisotopic (exact) mass is 340 g/mol. The lowest BCUT2D eigenvalue weighted by Crippen LogP contribution is -2.11. The second kappa shape index (κ2) is 6.72. The molecule has 0 radical (unpaired) electrons. The van der Waals surface area contributed by atoms with Crippen LogP contribution in [0.5, 0.6) is 5.88 Å². The van der Waals surface area contributed by atoms with E-state index in [9.17, 15) is 9.18 Å². The van der Waals surface area contributed by atoms with Gasteiger partial charge in [-0.2, -0.15) is 4.39 Å². The minimum absolute atomic E-state index is 0.283. The number of anilines is 1. The first-order valence-electron chi connectivity index (χ1n) is 7.63. The van der Waals surface area contributed by atoms with Crippen molar-refractivity contribution < 1.29 is 13.9 Å². The van der Waals surface area contributed by atoms with Crippen molar-refractivity contribution >= 4 is 28.6 Å². The normalized spacial score (nSPS) is 11.2. The predicted molar refractivity (Wildman–Crippen MR) is 94.0 cm³/mol. The second-order valence-electron chi connectivity index (χ2n) is 5.58. The number of fused-ring (bicyclic) bond motifs is 1. The lowest BCUT2D eigenvalue weighted by Gasteiger charge is -2.11. The van der Waals surface area contributed by atoms with Crippen molar-refractivity contribution in [2.24, 2.45) is 0 Å². The first-order chi connectivity index (χ1) is 12.0. The molecule has 3 rings (SSSR count). The van der Waals surface area contributed by atoms with Crippen LogP contribution >= 0.6 is 0 Å². The summed E-state index contributed by atoms with van der Waals surface area (Å²) in [6, 6.07) is 6.82. The molecule has 7 heteroatoms. The molecule has 3 aromatic rings. The predicted octanol–water partition coefficient (Wildman–Crippen LogP) is 3.37. The number of aromatic nitrogens is 3. The van der Waals surface area contributed by atoms with Crippen LogP contribution in [-0.2, 0) is 4.79 Å². The molecule has 2 N–H and O–H groups in total. The summed E-state index contributed by atoms with van der Waals surface area (Å²) in [7, 11) is 1.55. The van der Waals surface area contributed by atoms with E-state index in [1.165, 1.54) is 6.08 Å². The van der Waals surface area contributed by atoms with Crippen LogP contribution < -0.4 is 10.1 Å². The number of ether oxygens (including phenoxy) is 1. The second-order valence-corrected chi connectivity index (χ2v) is 5.58. The molecule has 0 spiro atoms.